The molecule has 1 fully saturated rings. The predicted octanol–water partition coefficient (Wildman–Crippen LogP) is 1.37. The monoisotopic (exact) mass is 358 g/mol. The second kappa shape index (κ2) is 9.11. The molecule has 0 aromatic heterocycles. The SMILES string of the molecule is Cl.Cl.NC(Cc1ccc(C2=NCCN2)cc1)C(=O)N1CCCC1. The normalized spacial score (nSPS) is 17.6. The van der Waals surface area contributed by atoms with E-state index in [0.717, 1.165) is 56.0 Å². The third-order valence-corrected chi connectivity index (χ3v) is 4.09. The number of aliphatic imine (C=N–C) groups is 1. The first-order valence-electron chi connectivity index (χ1n) is 7.66. The van der Waals surface area contributed by atoms with E-state index in [4.69, 9.17) is 5.73 Å². The Labute approximate surface area is 149 Å². The zero-order valence-corrected chi connectivity index (χ0v) is 14.7. The molecular formula is C16H24Cl2N4O. The topological polar surface area (TPSA) is 70.7 Å². The van der Waals surface area contributed by atoms with Crippen molar-refractivity contribution in [2.45, 2.75) is 25.3 Å². The van der Waals surface area contributed by atoms with Gasteiger partial charge >= 0.3 is 0 Å². The van der Waals surface area contributed by atoms with Gasteiger partial charge < -0.3 is 16.0 Å². The quantitative estimate of drug-likeness (QED) is 0.853. The highest BCUT2D eigenvalue weighted by molar-refractivity contribution is 5.99. The molecule has 0 radical (unpaired) electrons. The van der Waals surface area contributed by atoms with Gasteiger partial charge in [0, 0.05) is 25.2 Å². The van der Waals surface area contributed by atoms with E-state index >= 15 is 0 Å². The Morgan fingerprint density at radius 2 is 1.87 bits per heavy atom. The van der Waals surface area contributed by atoms with Crippen molar-refractivity contribution in [1.29, 1.82) is 0 Å². The van der Waals surface area contributed by atoms with Crippen molar-refractivity contribution in [1.82, 2.24) is 10.2 Å². The maximum absolute atomic E-state index is 12.2. The molecule has 2 aliphatic rings. The number of amides is 1. The molecule has 1 saturated heterocycles. The second-order valence-corrected chi connectivity index (χ2v) is 5.70. The maximum atomic E-state index is 12.2. The number of nitrogens with zero attached hydrogens (tertiary/aromatic N) is 2. The van der Waals surface area contributed by atoms with Crippen molar-refractivity contribution < 1.29 is 4.79 Å². The molecule has 3 rings (SSSR count). The minimum Gasteiger partial charge on any atom is -0.368 e. The number of hydrogen-bond acceptors (Lipinski definition) is 4. The van der Waals surface area contributed by atoms with E-state index in [1.54, 1.807) is 0 Å². The van der Waals surface area contributed by atoms with E-state index in [9.17, 15) is 4.79 Å². The summed E-state index contributed by atoms with van der Waals surface area (Å²) < 4.78 is 0. The molecule has 1 aromatic carbocycles. The van der Waals surface area contributed by atoms with Gasteiger partial charge in [-0.05, 0) is 24.8 Å². The van der Waals surface area contributed by atoms with Crippen LogP contribution < -0.4 is 11.1 Å². The van der Waals surface area contributed by atoms with E-state index in [0.29, 0.717) is 6.42 Å². The van der Waals surface area contributed by atoms with Gasteiger partial charge in [-0.15, -0.1) is 24.8 Å². The predicted molar refractivity (Wildman–Crippen MR) is 97.8 cm³/mol. The van der Waals surface area contributed by atoms with Gasteiger partial charge in [0.05, 0.1) is 12.6 Å². The summed E-state index contributed by atoms with van der Waals surface area (Å²) >= 11 is 0. The molecule has 3 N–H and O–H groups in total. The minimum atomic E-state index is -0.434. The number of halogens is 2. The van der Waals surface area contributed by atoms with Crippen molar-refractivity contribution in [2.24, 2.45) is 10.7 Å². The van der Waals surface area contributed by atoms with Crippen LogP contribution in [0.2, 0.25) is 0 Å². The van der Waals surface area contributed by atoms with Crippen molar-refractivity contribution in [3.8, 4) is 0 Å². The summed E-state index contributed by atoms with van der Waals surface area (Å²) in [5, 5.41) is 3.25. The van der Waals surface area contributed by atoms with Gasteiger partial charge in [0.15, 0.2) is 0 Å². The van der Waals surface area contributed by atoms with Crippen LogP contribution in [0.25, 0.3) is 0 Å². The molecule has 23 heavy (non-hydrogen) atoms. The zero-order valence-electron chi connectivity index (χ0n) is 13.0. The molecule has 7 heteroatoms. The van der Waals surface area contributed by atoms with Gasteiger partial charge in [0.1, 0.15) is 5.84 Å². The fraction of sp³-hybridized carbons (Fsp3) is 0.500. The summed E-state index contributed by atoms with van der Waals surface area (Å²) in [6.45, 7) is 3.46. The van der Waals surface area contributed by atoms with Crippen molar-refractivity contribution in [3.05, 3.63) is 35.4 Å². The first-order valence-corrected chi connectivity index (χ1v) is 7.66. The summed E-state index contributed by atoms with van der Waals surface area (Å²) in [6.07, 6.45) is 2.79. The molecule has 0 aliphatic carbocycles. The molecule has 1 atom stereocenters. The fourth-order valence-electron chi connectivity index (χ4n) is 2.90. The minimum absolute atomic E-state index is 0. The molecule has 5 nitrogen and oxygen atoms in total. The number of nitrogens with one attached hydrogen (secondary N) is 1. The Balaban J connectivity index is 0.00000132. The molecule has 1 aromatic rings. The van der Waals surface area contributed by atoms with Gasteiger partial charge in [-0.1, -0.05) is 24.3 Å². The van der Waals surface area contributed by atoms with Gasteiger partial charge in [-0.25, -0.2) is 0 Å². The van der Waals surface area contributed by atoms with Crippen LogP contribution >= 0.6 is 24.8 Å². The van der Waals surface area contributed by atoms with E-state index in [1.807, 2.05) is 29.2 Å². The molecule has 0 spiro atoms. The van der Waals surface area contributed by atoms with Crippen LogP contribution in [0.5, 0.6) is 0 Å². The second-order valence-electron chi connectivity index (χ2n) is 5.70. The zero-order chi connectivity index (χ0) is 14.7. The molecule has 0 bridgehead atoms. The molecule has 1 unspecified atom stereocenters. The van der Waals surface area contributed by atoms with Gasteiger partial charge in [-0.3, -0.25) is 9.79 Å². The highest BCUT2D eigenvalue weighted by atomic mass is 35.5. The van der Waals surface area contributed by atoms with Crippen LogP contribution in [-0.2, 0) is 11.2 Å². The lowest BCUT2D eigenvalue weighted by Gasteiger charge is -2.20. The average Bonchev–Trinajstić information content (AvgIpc) is 3.20. The van der Waals surface area contributed by atoms with E-state index in [-0.39, 0.29) is 30.7 Å². The molecule has 1 amide bonds. The van der Waals surface area contributed by atoms with Gasteiger partial charge in [-0.2, -0.15) is 0 Å². The van der Waals surface area contributed by atoms with Crippen LogP contribution in [0.3, 0.4) is 0 Å². The lowest BCUT2D eigenvalue weighted by Crippen LogP contribution is -2.43. The Morgan fingerprint density at radius 3 is 2.43 bits per heavy atom. The lowest BCUT2D eigenvalue weighted by molar-refractivity contribution is -0.131. The largest absolute Gasteiger partial charge is 0.368 e. The average molecular weight is 359 g/mol. The van der Waals surface area contributed by atoms with E-state index in [2.05, 4.69) is 10.3 Å². The first kappa shape index (κ1) is 19.7. The van der Waals surface area contributed by atoms with Crippen LogP contribution in [0.15, 0.2) is 29.3 Å². The lowest BCUT2D eigenvalue weighted by atomic mass is 10.0. The molecule has 2 aliphatic heterocycles. The number of benzene rings is 1. The Bertz CT molecular complexity index is 542. The summed E-state index contributed by atoms with van der Waals surface area (Å²) in [4.78, 5) is 18.5. The number of likely N-dealkylation sites (tertiary alicyclic amines) is 1. The Hall–Kier alpha value is -1.30. The van der Waals surface area contributed by atoms with E-state index in [1.165, 1.54) is 0 Å². The van der Waals surface area contributed by atoms with Crippen molar-refractivity contribution in [2.75, 3.05) is 26.2 Å². The van der Waals surface area contributed by atoms with Gasteiger partial charge in [0.25, 0.3) is 0 Å². The number of nitrogens with two attached hydrogens (primary N) is 1. The first-order chi connectivity index (χ1) is 10.2. The number of carbonyl (C=O) groups excluding carboxylic acids is 1. The van der Waals surface area contributed by atoms with Crippen LogP contribution in [0.1, 0.15) is 24.0 Å². The number of rotatable bonds is 4. The smallest absolute Gasteiger partial charge is 0.239 e. The number of amidine groups is 1. The summed E-state index contributed by atoms with van der Waals surface area (Å²) in [7, 11) is 0. The third kappa shape index (κ3) is 4.83. The van der Waals surface area contributed by atoms with E-state index < -0.39 is 6.04 Å². The molecule has 0 saturated carbocycles. The highest BCUT2D eigenvalue weighted by Crippen LogP contribution is 2.12. The Morgan fingerprint density at radius 1 is 1.22 bits per heavy atom. The van der Waals surface area contributed by atoms with Crippen molar-refractivity contribution in [3.63, 3.8) is 0 Å². The fourth-order valence-corrected chi connectivity index (χ4v) is 2.90. The van der Waals surface area contributed by atoms with Crippen LogP contribution in [-0.4, -0.2) is 48.9 Å². The van der Waals surface area contributed by atoms with Crippen molar-refractivity contribution >= 4 is 36.6 Å². The maximum Gasteiger partial charge on any atom is 0.239 e. The summed E-state index contributed by atoms with van der Waals surface area (Å²) in [5.41, 5.74) is 8.25. The number of hydrogen-bond donors (Lipinski definition) is 2. The third-order valence-electron chi connectivity index (χ3n) is 4.09. The highest BCUT2D eigenvalue weighted by Gasteiger charge is 2.23. The standard InChI is InChI=1S/C16H22N4O.2ClH/c17-14(16(21)20-9-1-2-10-20)11-12-3-5-13(6-4-12)15-18-7-8-19-15;;/h3-6,14H,1-2,7-11,17H2,(H,18,19);2*1H. The van der Waals surface area contributed by atoms with Crippen LogP contribution in [0.4, 0.5) is 0 Å². The molecule has 128 valence electrons. The van der Waals surface area contributed by atoms with Gasteiger partial charge in [0.2, 0.25) is 5.91 Å². The summed E-state index contributed by atoms with van der Waals surface area (Å²) in [6, 6.07) is 7.72. The van der Waals surface area contributed by atoms with Crippen LogP contribution in [0, 0.1) is 0 Å². The summed E-state index contributed by atoms with van der Waals surface area (Å²) in [5.74, 6) is 1.04. The molecular weight excluding hydrogens is 335 g/mol. The number of carbonyl (C=O) groups is 1. The molecule has 2 heterocycles. The Kier molecular flexibility index (Phi) is 7.82.